The van der Waals surface area contributed by atoms with Gasteiger partial charge in [-0.15, -0.1) is 0 Å². The van der Waals surface area contributed by atoms with E-state index in [1.807, 2.05) is 0 Å². The Morgan fingerprint density at radius 2 is 1.76 bits per heavy atom. The molecule has 0 saturated heterocycles. The lowest BCUT2D eigenvalue weighted by atomic mass is 10.1. The summed E-state index contributed by atoms with van der Waals surface area (Å²) in [5.41, 5.74) is 6.72. The van der Waals surface area contributed by atoms with Crippen LogP contribution in [0.3, 0.4) is 0 Å². The van der Waals surface area contributed by atoms with E-state index in [-0.39, 0.29) is 14.9 Å². The number of anilines is 1. The number of carbonyl (C=O) groups is 1. The Morgan fingerprint density at radius 1 is 1.12 bits per heavy atom. The summed E-state index contributed by atoms with van der Waals surface area (Å²) in [6, 6.07) is 8.87. The number of nitrogens with zero attached hydrogens (tertiary/aromatic N) is 1. The molecule has 0 saturated carbocycles. The lowest BCUT2D eigenvalue weighted by molar-refractivity contribution is 0.100. The fraction of sp³-hybridized carbons (Fsp3) is 0.0625. The number of sulfonamides is 1. The van der Waals surface area contributed by atoms with E-state index in [2.05, 4.69) is 4.72 Å². The Hall–Kier alpha value is -2.22. The van der Waals surface area contributed by atoms with Gasteiger partial charge in [0.25, 0.3) is 15.9 Å². The lowest BCUT2D eigenvalue weighted by Crippen LogP contribution is -2.13. The minimum Gasteiger partial charge on any atom is -0.366 e. The molecule has 1 amide bonds. The molecule has 25 heavy (non-hydrogen) atoms. The molecule has 0 bridgehead atoms. The molecule has 9 heteroatoms. The Labute approximate surface area is 154 Å². The number of aromatic nitrogens is 1. The number of hydrogen-bond donors (Lipinski definition) is 2. The van der Waals surface area contributed by atoms with Crippen LogP contribution in [0.5, 0.6) is 0 Å². The number of benzene rings is 2. The van der Waals surface area contributed by atoms with Crippen LogP contribution < -0.4 is 10.5 Å². The van der Waals surface area contributed by atoms with E-state index in [0.29, 0.717) is 22.2 Å². The van der Waals surface area contributed by atoms with Gasteiger partial charge in [-0.3, -0.25) is 9.52 Å². The Balaban J connectivity index is 2.02. The fourth-order valence-corrected chi connectivity index (χ4v) is 4.32. The number of halogens is 2. The van der Waals surface area contributed by atoms with Crippen molar-refractivity contribution in [2.75, 3.05) is 4.72 Å². The molecule has 6 nitrogen and oxygen atoms in total. The third-order valence-electron chi connectivity index (χ3n) is 3.65. The third kappa shape index (κ3) is 3.44. The average molecular weight is 398 g/mol. The van der Waals surface area contributed by atoms with Crippen molar-refractivity contribution in [2.24, 2.45) is 12.8 Å². The third-order valence-corrected chi connectivity index (χ3v) is 5.45. The summed E-state index contributed by atoms with van der Waals surface area (Å²) in [5, 5.41) is 1.08. The molecule has 0 atom stereocenters. The quantitative estimate of drug-likeness (QED) is 0.706. The number of fused-ring (bicyclic) bond motifs is 1. The number of amides is 1. The van der Waals surface area contributed by atoms with Crippen molar-refractivity contribution in [3.8, 4) is 0 Å². The highest BCUT2D eigenvalue weighted by Gasteiger charge is 2.17. The van der Waals surface area contributed by atoms with Crippen LogP contribution >= 0.6 is 23.2 Å². The summed E-state index contributed by atoms with van der Waals surface area (Å²) >= 11 is 11.7. The maximum atomic E-state index is 12.5. The monoisotopic (exact) mass is 397 g/mol. The number of hydrogen-bond acceptors (Lipinski definition) is 3. The first-order valence-electron chi connectivity index (χ1n) is 7.05. The van der Waals surface area contributed by atoms with Crippen LogP contribution in [0.25, 0.3) is 10.9 Å². The zero-order chi connectivity index (χ0) is 18.4. The van der Waals surface area contributed by atoms with Crippen molar-refractivity contribution in [2.45, 2.75) is 4.90 Å². The van der Waals surface area contributed by atoms with Crippen molar-refractivity contribution >= 4 is 55.7 Å². The van der Waals surface area contributed by atoms with Crippen molar-refractivity contribution < 1.29 is 13.2 Å². The first kappa shape index (κ1) is 17.6. The van der Waals surface area contributed by atoms with Gasteiger partial charge in [0, 0.05) is 28.7 Å². The number of rotatable bonds is 4. The number of primary amides is 1. The van der Waals surface area contributed by atoms with Crippen molar-refractivity contribution in [1.29, 1.82) is 0 Å². The number of nitrogens with two attached hydrogens (primary N) is 1. The highest BCUT2D eigenvalue weighted by Crippen LogP contribution is 2.27. The minimum atomic E-state index is -3.87. The molecule has 2 aromatic carbocycles. The molecule has 0 aliphatic heterocycles. The van der Waals surface area contributed by atoms with Gasteiger partial charge in [-0.25, -0.2) is 8.42 Å². The fourth-order valence-electron chi connectivity index (χ4n) is 2.54. The largest absolute Gasteiger partial charge is 0.366 e. The maximum absolute atomic E-state index is 12.5. The molecule has 0 fully saturated rings. The average Bonchev–Trinajstić information content (AvgIpc) is 2.83. The van der Waals surface area contributed by atoms with E-state index in [1.165, 1.54) is 18.2 Å². The summed E-state index contributed by atoms with van der Waals surface area (Å²) in [6.07, 6.45) is 1.60. The van der Waals surface area contributed by atoms with Crippen molar-refractivity contribution in [3.05, 3.63) is 58.2 Å². The molecule has 0 radical (unpaired) electrons. The van der Waals surface area contributed by atoms with Gasteiger partial charge < -0.3 is 10.3 Å². The molecular formula is C16H13Cl2N3O3S. The molecule has 0 aliphatic carbocycles. The van der Waals surface area contributed by atoms with Crippen LogP contribution in [0.4, 0.5) is 5.69 Å². The number of carbonyl (C=O) groups excluding carboxylic acids is 1. The Bertz CT molecular complexity index is 1090. The van der Waals surface area contributed by atoms with Gasteiger partial charge in [-0.1, -0.05) is 23.2 Å². The Kier molecular flexibility index (Phi) is 4.40. The van der Waals surface area contributed by atoms with E-state index in [1.54, 1.807) is 36.0 Å². The van der Waals surface area contributed by atoms with Gasteiger partial charge in [0.15, 0.2) is 0 Å². The number of nitrogens with one attached hydrogen (secondary N) is 1. The summed E-state index contributed by atoms with van der Waals surface area (Å²) < 4.78 is 29.2. The van der Waals surface area contributed by atoms with Crippen LogP contribution in [0, 0.1) is 0 Å². The normalized spacial score (nSPS) is 11.6. The predicted molar refractivity (Wildman–Crippen MR) is 98.7 cm³/mol. The maximum Gasteiger partial charge on any atom is 0.261 e. The second-order valence-corrected chi connectivity index (χ2v) is 8.02. The Morgan fingerprint density at radius 3 is 2.36 bits per heavy atom. The van der Waals surface area contributed by atoms with Gasteiger partial charge in [0.05, 0.1) is 21.7 Å². The summed E-state index contributed by atoms with van der Waals surface area (Å²) in [6.45, 7) is 0. The first-order chi connectivity index (χ1) is 11.7. The summed E-state index contributed by atoms with van der Waals surface area (Å²) in [7, 11) is -2.13. The van der Waals surface area contributed by atoms with E-state index < -0.39 is 15.9 Å². The SMILES string of the molecule is Cn1cc(C(N)=O)c2ccc(NS(=O)(=O)c3cc(Cl)cc(Cl)c3)cc21. The van der Waals surface area contributed by atoms with Gasteiger partial charge in [0.1, 0.15) is 0 Å². The molecule has 130 valence electrons. The predicted octanol–water partition coefficient (Wildman–Crippen LogP) is 3.38. The first-order valence-corrected chi connectivity index (χ1v) is 9.29. The summed E-state index contributed by atoms with van der Waals surface area (Å²) in [5.74, 6) is -0.549. The zero-order valence-corrected chi connectivity index (χ0v) is 15.3. The lowest BCUT2D eigenvalue weighted by Gasteiger charge is -2.09. The van der Waals surface area contributed by atoms with Gasteiger partial charge in [-0.05, 0) is 36.4 Å². The molecule has 3 rings (SSSR count). The van der Waals surface area contributed by atoms with Crippen LogP contribution in [-0.4, -0.2) is 18.9 Å². The molecule has 0 aliphatic rings. The smallest absolute Gasteiger partial charge is 0.261 e. The van der Waals surface area contributed by atoms with Crippen LogP contribution in [-0.2, 0) is 17.1 Å². The topological polar surface area (TPSA) is 94.2 Å². The molecular weight excluding hydrogens is 385 g/mol. The molecule has 1 aromatic heterocycles. The van der Waals surface area contributed by atoms with Crippen LogP contribution in [0.2, 0.25) is 10.0 Å². The molecule has 3 aromatic rings. The molecule has 1 heterocycles. The standard InChI is InChI=1S/C16H13Cl2N3O3S/c1-21-8-14(16(19)22)13-3-2-11(7-15(13)21)20-25(23,24)12-5-9(17)4-10(18)6-12/h2-8,20H,1H3,(H2,19,22). The van der Waals surface area contributed by atoms with E-state index >= 15 is 0 Å². The zero-order valence-electron chi connectivity index (χ0n) is 13.0. The molecule has 0 spiro atoms. The van der Waals surface area contributed by atoms with Crippen molar-refractivity contribution in [1.82, 2.24) is 4.57 Å². The minimum absolute atomic E-state index is 0.0465. The summed E-state index contributed by atoms with van der Waals surface area (Å²) in [4.78, 5) is 11.4. The highest BCUT2D eigenvalue weighted by atomic mass is 35.5. The number of aryl methyl sites for hydroxylation is 1. The van der Waals surface area contributed by atoms with E-state index in [0.717, 1.165) is 0 Å². The highest BCUT2D eigenvalue weighted by molar-refractivity contribution is 7.92. The second-order valence-electron chi connectivity index (χ2n) is 5.46. The molecule has 3 N–H and O–H groups in total. The van der Waals surface area contributed by atoms with Crippen LogP contribution in [0.15, 0.2) is 47.5 Å². The van der Waals surface area contributed by atoms with Gasteiger partial charge >= 0.3 is 0 Å². The van der Waals surface area contributed by atoms with Gasteiger partial charge in [-0.2, -0.15) is 0 Å². The van der Waals surface area contributed by atoms with Gasteiger partial charge in [0.2, 0.25) is 0 Å². The van der Waals surface area contributed by atoms with E-state index in [4.69, 9.17) is 28.9 Å². The molecule has 0 unspecified atom stereocenters. The second kappa shape index (κ2) is 6.25. The van der Waals surface area contributed by atoms with E-state index in [9.17, 15) is 13.2 Å². The van der Waals surface area contributed by atoms with Crippen molar-refractivity contribution in [3.63, 3.8) is 0 Å². The van der Waals surface area contributed by atoms with Crippen LogP contribution in [0.1, 0.15) is 10.4 Å².